The number of tetrazole rings is 2. The van der Waals surface area contributed by atoms with Crippen molar-refractivity contribution in [3.05, 3.63) is 0 Å². The van der Waals surface area contributed by atoms with Crippen molar-refractivity contribution in [3.8, 4) is 0 Å². The van der Waals surface area contributed by atoms with Gasteiger partial charge >= 0.3 is 0 Å². The van der Waals surface area contributed by atoms with Gasteiger partial charge in [0.05, 0.1) is 0 Å². The summed E-state index contributed by atoms with van der Waals surface area (Å²) in [6, 6.07) is 0. The lowest BCUT2D eigenvalue weighted by atomic mass is 10.3. The Morgan fingerprint density at radius 3 is 1.65 bits per heavy atom. The van der Waals surface area contributed by atoms with Gasteiger partial charge in [-0.1, -0.05) is 26.7 Å². The molecule has 0 N–H and O–H groups in total. The van der Waals surface area contributed by atoms with Crippen molar-refractivity contribution in [2.45, 2.75) is 62.9 Å². The molecule has 10 heteroatoms. The fraction of sp³-hybridized carbons (Fsp3) is 0.800. The number of aryl methyl sites for hydroxylation is 2. The first kappa shape index (κ1) is 15.2. The summed E-state index contributed by atoms with van der Waals surface area (Å²) in [5, 5.41) is 25.0. The van der Waals surface area contributed by atoms with Crippen molar-refractivity contribution in [1.29, 1.82) is 0 Å². The van der Waals surface area contributed by atoms with E-state index in [1.54, 1.807) is 0 Å². The smallest absolute Gasteiger partial charge is 0.220 e. The van der Waals surface area contributed by atoms with E-state index in [1.165, 1.54) is 21.6 Å². The maximum atomic E-state index is 4.03. The van der Waals surface area contributed by atoms with Crippen LogP contribution >= 0.6 is 21.6 Å². The van der Waals surface area contributed by atoms with Gasteiger partial charge in [0.1, 0.15) is 0 Å². The average Bonchev–Trinajstić information content (AvgIpc) is 3.09. The van der Waals surface area contributed by atoms with E-state index in [2.05, 4.69) is 44.9 Å². The van der Waals surface area contributed by atoms with Gasteiger partial charge in [0.25, 0.3) is 0 Å². The minimum absolute atomic E-state index is 0.786. The van der Waals surface area contributed by atoms with Crippen molar-refractivity contribution >= 4 is 21.6 Å². The molecule has 0 aromatic carbocycles. The summed E-state index contributed by atoms with van der Waals surface area (Å²) >= 11 is 0. The Hall–Kier alpha value is -1.16. The third kappa shape index (κ3) is 4.17. The van der Waals surface area contributed by atoms with E-state index in [-0.39, 0.29) is 0 Å². The number of hydrogen-bond donors (Lipinski definition) is 0. The maximum Gasteiger partial charge on any atom is 0.220 e. The van der Waals surface area contributed by atoms with E-state index < -0.39 is 0 Å². The molecule has 0 fully saturated rings. The Morgan fingerprint density at radius 1 is 0.800 bits per heavy atom. The zero-order valence-corrected chi connectivity index (χ0v) is 13.3. The molecular formula is C10H18N8S2. The number of aromatic nitrogens is 8. The molecule has 0 spiro atoms. The SMILES string of the molecule is CCCCn1nnnc1SSc1nnnn1CCCC. The summed E-state index contributed by atoms with van der Waals surface area (Å²) < 4.78 is 3.64. The van der Waals surface area contributed by atoms with Crippen molar-refractivity contribution < 1.29 is 0 Å². The molecule has 0 atom stereocenters. The predicted molar refractivity (Wildman–Crippen MR) is 77.2 cm³/mol. The molecule has 0 aliphatic carbocycles. The number of nitrogens with zero attached hydrogens (tertiary/aromatic N) is 8. The molecule has 0 aliphatic heterocycles. The molecule has 8 nitrogen and oxygen atoms in total. The molecule has 0 aliphatic rings. The highest BCUT2D eigenvalue weighted by Crippen LogP contribution is 2.34. The van der Waals surface area contributed by atoms with Crippen LogP contribution in [0.25, 0.3) is 0 Å². The molecule has 2 rings (SSSR count). The average molecular weight is 314 g/mol. The van der Waals surface area contributed by atoms with Gasteiger partial charge in [0.2, 0.25) is 10.3 Å². The fourth-order valence-corrected chi connectivity index (χ4v) is 3.36. The van der Waals surface area contributed by atoms with Crippen molar-refractivity contribution in [1.82, 2.24) is 40.4 Å². The van der Waals surface area contributed by atoms with Crippen LogP contribution in [-0.2, 0) is 13.1 Å². The van der Waals surface area contributed by atoms with Gasteiger partial charge in [0.15, 0.2) is 0 Å². The molecule has 0 unspecified atom stereocenters. The maximum absolute atomic E-state index is 4.03. The normalized spacial score (nSPS) is 11.1. The van der Waals surface area contributed by atoms with Crippen LogP contribution in [0.15, 0.2) is 10.3 Å². The Kier molecular flexibility index (Phi) is 6.25. The number of unbranched alkanes of at least 4 members (excludes halogenated alkanes) is 2. The van der Waals surface area contributed by atoms with Crippen LogP contribution in [0.5, 0.6) is 0 Å². The summed E-state index contributed by atoms with van der Waals surface area (Å²) in [5.74, 6) is 0. The van der Waals surface area contributed by atoms with Crippen LogP contribution in [0, 0.1) is 0 Å². The van der Waals surface area contributed by atoms with Crippen LogP contribution in [-0.4, -0.2) is 40.4 Å². The summed E-state index contributed by atoms with van der Waals surface area (Å²) in [5.41, 5.74) is 0. The molecule has 0 saturated heterocycles. The standard InChI is InChI=1S/C10H18N8S2/c1-3-5-7-17-9(11-13-15-17)19-20-10-12-14-16-18(10)8-6-4-2/h3-8H2,1-2H3. The van der Waals surface area contributed by atoms with E-state index in [9.17, 15) is 0 Å². The van der Waals surface area contributed by atoms with Gasteiger partial charge in [-0.3, -0.25) is 0 Å². The second-order valence-corrected chi connectivity index (χ2v) is 6.31. The van der Waals surface area contributed by atoms with E-state index in [0.717, 1.165) is 49.1 Å². The lowest BCUT2D eigenvalue weighted by molar-refractivity contribution is 0.517. The molecule has 2 aromatic heterocycles. The molecule has 0 amide bonds. The van der Waals surface area contributed by atoms with E-state index in [1.807, 2.05) is 9.36 Å². The second kappa shape index (κ2) is 8.20. The third-order valence-electron chi connectivity index (χ3n) is 2.64. The van der Waals surface area contributed by atoms with E-state index in [0.29, 0.717) is 0 Å². The molecule has 110 valence electrons. The monoisotopic (exact) mass is 314 g/mol. The highest BCUT2D eigenvalue weighted by atomic mass is 33.1. The van der Waals surface area contributed by atoms with Crippen molar-refractivity contribution in [2.75, 3.05) is 0 Å². The Balaban J connectivity index is 1.92. The highest BCUT2D eigenvalue weighted by Gasteiger charge is 2.12. The molecular weight excluding hydrogens is 296 g/mol. The quantitative estimate of drug-likeness (QED) is 0.650. The zero-order valence-electron chi connectivity index (χ0n) is 11.6. The minimum atomic E-state index is 0.786. The molecule has 0 bridgehead atoms. The van der Waals surface area contributed by atoms with E-state index >= 15 is 0 Å². The first-order valence-electron chi connectivity index (χ1n) is 6.72. The summed E-state index contributed by atoms with van der Waals surface area (Å²) in [4.78, 5) is 0. The van der Waals surface area contributed by atoms with Gasteiger partial charge < -0.3 is 0 Å². The highest BCUT2D eigenvalue weighted by molar-refractivity contribution is 8.76. The van der Waals surface area contributed by atoms with Gasteiger partial charge in [-0.25, -0.2) is 9.36 Å². The largest absolute Gasteiger partial charge is 0.220 e. The first-order chi connectivity index (χ1) is 9.85. The fourth-order valence-electron chi connectivity index (χ4n) is 1.48. The number of rotatable bonds is 9. The lowest BCUT2D eigenvalue weighted by Crippen LogP contribution is -2.02. The topological polar surface area (TPSA) is 87.2 Å². The van der Waals surface area contributed by atoms with Crippen LogP contribution in [0.3, 0.4) is 0 Å². The predicted octanol–water partition coefficient (Wildman–Crippen LogP) is 2.06. The van der Waals surface area contributed by atoms with Crippen molar-refractivity contribution in [3.63, 3.8) is 0 Å². The molecule has 0 saturated carbocycles. The minimum Gasteiger partial charge on any atom is -0.220 e. The Morgan fingerprint density at radius 2 is 1.25 bits per heavy atom. The molecule has 2 heterocycles. The van der Waals surface area contributed by atoms with Gasteiger partial charge in [-0.05, 0) is 55.3 Å². The summed E-state index contributed by atoms with van der Waals surface area (Å²) in [6.07, 6.45) is 4.37. The Labute approximate surface area is 125 Å². The summed E-state index contributed by atoms with van der Waals surface area (Å²) in [7, 11) is 2.98. The van der Waals surface area contributed by atoms with Crippen LogP contribution in [0.1, 0.15) is 39.5 Å². The van der Waals surface area contributed by atoms with Crippen LogP contribution in [0.2, 0.25) is 0 Å². The number of hydrogen-bond acceptors (Lipinski definition) is 8. The van der Waals surface area contributed by atoms with Gasteiger partial charge in [-0.2, -0.15) is 0 Å². The van der Waals surface area contributed by atoms with Crippen LogP contribution < -0.4 is 0 Å². The molecule has 2 aromatic rings. The first-order valence-corrected chi connectivity index (χ1v) is 8.87. The van der Waals surface area contributed by atoms with Gasteiger partial charge in [-0.15, -0.1) is 10.2 Å². The molecule has 0 radical (unpaired) electrons. The third-order valence-corrected chi connectivity index (χ3v) is 4.75. The second-order valence-electron chi connectivity index (χ2n) is 4.24. The van der Waals surface area contributed by atoms with Gasteiger partial charge in [0, 0.05) is 13.1 Å². The Bertz CT molecular complexity index is 465. The molecule has 20 heavy (non-hydrogen) atoms. The lowest BCUT2D eigenvalue weighted by Gasteiger charge is -2.03. The van der Waals surface area contributed by atoms with Crippen molar-refractivity contribution in [2.24, 2.45) is 0 Å². The van der Waals surface area contributed by atoms with Crippen LogP contribution in [0.4, 0.5) is 0 Å². The summed E-state index contributed by atoms with van der Waals surface area (Å²) in [6.45, 7) is 5.97. The zero-order chi connectivity index (χ0) is 14.2. The van der Waals surface area contributed by atoms with E-state index in [4.69, 9.17) is 0 Å².